The van der Waals surface area contributed by atoms with Gasteiger partial charge in [-0.1, -0.05) is 32.4 Å². The second kappa shape index (κ2) is 3.09. The lowest BCUT2D eigenvalue weighted by Gasteiger charge is -2.37. The molecule has 0 nitrogen and oxygen atoms in total. The molecule has 0 rings (SSSR count). The van der Waals surface area contributed by atoms with Crippen LogP contribution in [0.2, 0.25) is 0 Å². The van der Waals surface area contributed by atoms with Gasteiger partial charge in [-0.2, -0.15) is 0 Å². The van der Waals surface area contributed by atoms with Crippen molar-refractivity contribution in [2.24, 2.45) is 5.41 Å². The van der Waals surface area contributed by atoms with E-state index in [1.165, 1.54) is 13.8 Å². The average Bonchev–Trinajstić information content (AvgIpc) is 1.85. The van der Waals surface area contributed by atoms with E-state index in [-0.39, 0.29) is 6.42 Å². The van der Waals surface area contributed by atoms with Gasteiger partial charge in [0.1, 0.15) is 0 Å². The average molecular weight is 203 g/mol. The minimum absolute atomic E-state index is 0.173. The van der Waals surface area contributed by atoms with E-state index in [0.29, 0.717) is 6.92 Å². The van der Waals surface area contributed by atoms with Gasteiger partial charge in [-0.15, -0.1) is 0 Å². The Labute approximate surface area is 76.1 Å². The molecule has 1 unspecified atom stereocenters. The maximum Gasteiger partial charge on any atom is 0.299 e. The monoisotopic (exact) mass is 202 g/mol. The maximum absolute atomic E-state index is 13.2. The van der Waals surface area contributed by atoms with Crippen LogP contribution in [0.25, 0.3) is 0 Å². The Kier molecular flexibility index (Phi) is 3.11. The van der Waals surface area contributed by atoms with Gasteiger partial charge in [0.05, 0.1) is 0 Å². The summed E-state index contributed by atoms with van der Waals surface area (Å²) in [4.78, 5) is 0. The van der Waals surface area contributed by atoms with Crippen LogP contribution in [0.3, 0.4) is 0 Å². The first-order chi connectivity index (χ1) is 5.06. The fraction of sp³-hybridized carbons (Fsp3) is 1.00. The molecule has 0 aromatic rings. The molecular weight excluding hydrogens is 189 g/mol. The van der Waals surface area contributed by atoms with Crippen LogP contribution in [-0.2, 0) is 0 Å². The second-order valence-corrected chi connectivity index (χ2v) is 4.41. The summed E-state index contributed by atoms with van der Waals surface area (Å²) in [5, 5.41) is -2.98. The van der Waals surface area contributed by atoms with Gasteiger partial charge in [0, 0.05) is 5.41 Å². The van der Waals surface area contributed by atoms with Crippen LogP contribution >= 0.6 is 11.6 Å². The molecule has 74 valence electrons. The lowest BCUT2D eigenvalue weighted by molar-refractivity contribution is -0.169. The highest BCUT2D eigenvalue weighted by molar-refractivity contribution is 6.23. The number of hydrogen-bond donors (Lipinski definition) is 0. The first kappa shape index (κ1) is 12.1. The maximum atomic E-state index is 13.2. The molecular formula is C8H14ClF3. The predicted octanol–water partition coefficient (Wildman–Crippen LogP) is 3.98. The Hall–Kier alpha value is 0.0800. The minimum atomic E-state index is -3.52. The van der Waals surface area contributed by atoms with Crippen molar-refractivity contribution < 1.29 is 13.2 Å². The van der Waals surface area contributed by atoms with Crippen molar-refractivity contribution in [1.82, 2.24) is 0 Å². The van der Waals surface area contributed by atoms with Crippen LogP contribution in [0.4, 0.5) is 13.2 Å². The summed E-state index contributed by atoms with van der Waals surface area (Å²) in [6, 6.07) is 0. The molecule has 0 heterocycles. The summed E-state index contributed by atoms with van der Waals surface area (Å²) in [7, 11) is 0. The molecule has 0 N–H and O–H groups in total. The van der Waals surface area contributed by atoms with Crippen molar-refractivity contribution in [3.8, 4) is 0 Å². The molecule has 0 spiro atoms. The van der Waals surface area contributed by atoms with Crippen molar-refractivity contribution in [3.05, 3.63) is 0 Å². The third kappa shape index (κ3) is 1.87. The van der Waals surface area contributed by atoms with Crippen LogP contribution in [0.15, 0.2) is 0 Å². The fourth-order valence-electron chi connectivity index (χ4n) is 0.816. The van der Waals surface area contributed by atoms with Gasteiger partial charge in [-0.05, 0) is 13.3 Å². The third-order valence-electron chi connectivity index (χ3n) is 2.29. The van der Waals surface area contributed by atoms with E-state index >= 15 is 0 Å². The zero-order chi connectivity index (χ0) is 10.2. The van der Waals surface area contributed by atoms with E-state index in [4.69, 9.17) is 11.6 Å². The molecule has 1 atom stereocenters. The summed E-state index contributed by atoms with van der Waals surface area (Å²) in [5.74, 6) is -3.52. The van der Waals surface area contributed by atoms with Crippen LogP contribution in [0.1, 0.15) is 34.1 Å². The molecule has 0 saturated heterocycles. The molecule has 0 amide bonds. The standard InChI is InChI=1S/C8H14ClF3/c1-5-6(2,3)8(11,12)7(4,9)10/h5H2,1-4H3. The smallest absolute Gasteiger partial charge is 0.220 e. The van der Waals surface area contributed by atoms with Gasteiger partial charge < -0.3 is 0 Å². The predicted molar refractivity (Wildman–Crippen MR) is 44.4 cm³/mol. The van der Waals surface area contributed by atoms with E-state index in [1.807, 2.05) is 0 Å². The van der Waals surface area contributed by atoms with Gasteiger partial charge in [0.15, 0.2) is 0 Å². The lowest BCUT2D eigenvalue weighted by Crippen LogP contribution is -2.48. The summed E-state index contributed by atoms with van der Waals surface area (Å²) in [5.41, 5.74) is -1.42. The lowest BCUT2D eigenvalue weighted by atomic mass is 9.81. The normalized spacial score (nSPS) is 19.0. The molecule has 0 aromatic carbocycles. The summed E-state index contributed by atoms with van der Waals surface area (Å²) >= 11 is 4.97. The quantitative estimate of drug-likeness (QED) is 0.608. The van der Waals surface area contributed by atoms with Crippen LogP contribution in [-0.4, -0.2) is 11.1 Å². The van der Waals surface area contributed by atoms with Gasteiger partial charge in [0.2, 0.25) is 5.13 Å². The summed E-state index contributed by atoms with van der Waals surface area (Å²) in [6.07, 6.45) is 0.173. The fourth-order valence-corrected chi connectivity index (χ4v) is 1.07. The Bertz CT molecular complexity index is 158. The molecule has 4 heteroatoms. The van der Waals surface area contributed by atoms with E-state index in [1.54, 1.807) is 6.92 Å². The first-order valence-corrected chi connectivity index (χ1v) is 4.19. The summed E-state index contributed by atoms with van der Waals surface area (Å²) < 4.78 is 39.3. The topological polar surface area (TPSA) is 0 Å². The number of rotatable bonds is 3. The van der Waals surface area contributed by atoms with Crippen molar-refractivity contribution in [2.75, 3.05) is 0 Å². The molecule has 0 fully saturated rings. The van der Waals surface area contributed by atoms with Gasteiger partial charge in [-0.3, -0.25) is 0 Å². The van der Waals surface area contributed by atoms with E-state index in [2.05, 4.69) is 0 Å². The highest BCUT2D eigenvalue weighted by Gasteiger charge is 2.59. The largest absolute Gasteiger partial charge is 0.299 e. The third-order valence-corrected chi connectivity index (χ3v) is 2.52. The van der Waals surface area contributed by atoms with E-state index in [0.717, 1.165) is 0 Å². The van der Waals surface area contributed by atoms with Gasteiger partial charge in [0.25, 0.3) is 5.92 Å². The molecule has 0 radical (unpaired) electrons. The molecule has 0 aliphatic carbocycles. The number of alkyl halides is 4. The Morgan fingerprint density at radius 3 is 1.50 bits per heavy atom. The van der Waals surface area contributed by atoms with Crippen molar-refractivity contribution in [1.29, 1.82) is 0 Å². The molecule has 0 aliphatic heterocycles. The first-order valence-electron chi connectivity index (χ1n) is 3.82. The van der Waals surface area contributed by atoms with Crippen LogP contribution < -0.4 is 0 Å². The van der Waals surface area contributed by atoms with E-state index in [9.17, 15) is 13.2 Å². The van der Waals surface area contributed by atoms with Crippen LogP contribution in [0, 0.1) is 5.41 Å². The van der Waals surface area contributed by atoms with Crippen molar-refractivity contribution >= 4 is 11.6 Å². The van der Waals surface area contributed by atoms with E-state index < -0.39 is 16.5 Å². The summed E-state index contributed by atoms with van der Waals surface area (Å²) in [6.45, 7) is 4.86. The Morgan fingerprint density at radius 1 is 1.08 bits per heavy atom. The van der Waals surface area contributed by atoms with Gasteiger partial charge in [-0.25, -0.2) is 13.2 Å². The van der Waals surface area contributed by atoms with Crippen molar-refractivity contribution in [3.63, 3.8) is 0 Å². The molecule has 0 aromatic heterocycles. The second-order valence-electron chi connectivity index (χ2n) is 3.70. The van der Waals surface area contributed by atoms with Gasteiger partial charge >= 0.3 is 0 Å². The highest BCUT2D eigenvalue weighted by atomic mass is 35.5. The number of halogens is 4. The zero-order valence-corrected chi connectivity index (χ0v) is 8.47. The zero-order valence-electron chi connectivity index (χ0n) is 7.72. The Morgan fingerprint density at radius 2 is 1.42 bits per heavy atom. The molecule has 0 aliphatic rings. The minimum Gasteiger partial charge on any atom is -0.220 e. The van der Waals surface area contributed by atoms with Crippen LogP contribution in [0.5, 0.6) is 0 Å². The molecule has 0 saturated carbocycles. The molecule has 0 bridgehead atoms. The Balaban J connectivity index is 4.85. The van der Waals surface area contributed by atoms with Crippen molar-refractivity contribution in [2.45, 2.75) is 45.2 Å². The molecule has 12 heavy (non-hydrogen) atoms. The SMILES string of the molecule is CCC(C)(C)C(F)(F)C(C)(F)Cl. The number of hydrogen-bond acceptors (Lipinski definition) is 0. The highest BCUT2D eigenvalue weighted by Crippen LogP contribution is 2.49.